The zero-order valence-corrected chi connectivity index (χ0v) is 18.2. The molecule has 0 radical (unpaired) electrons. The smallest absolute Gasteiger partial charge is 0.256 e. The molecule has 166 valence electrons. The lowest BCUT2D eigenvalue weighted by Crippen LogP contribution is -2.42. The molecular formula is C21H27FN6O3. The summed E-state index contributed by atoms with van der Waals surface area (Å²) < 4.78 is 20.7. The summed E-state index contributed by atoms with van der Waals surface area (Å²) >= 11 is 0. The number of fused-ring (bicyclic) bond motifs is 1. The van der Waals surface area contributed by atoms with E-state index < -0.39 is 17.7 Å². The standard InChI is InChI=1S/C21H27FN6O3/c1-12(2)26-19-14(20(29)25-11-16(22)21(3,4)30)10-23-17-8-15(27-28(17)19)13-6-7-18(31-5)24-9-13/h6-10,12,16,26,30H,11H2,1-5H3,(H,25,29)/t16-/m1/s1. The van der Waals surface area contributed by atoms with Crippen molar-refractivity contribution in [3.05, 3.63) is 36.2 Å². The van der Waals surface area contributed by atoms with E-state index in [1.165, 1.54) is 24.6 Å². The highest BCUT2D eigenvalue weighted by Gasteiger charge is 2.27. The molecule has 1 atom stereocenters. The minimum Gasteiger partial charge on any atom is -0.481 e. The maximum absolute atomic E-state index is 14.1. The van der Waals surface area contributed by atoms with Gasteiger partial charge in [0.2, 0.25) is 5.88 Å². The van der Waals surface area contributed by atoms with Gasteiger partial charge in [0.05, 0.1) is 24.9 Å². The van der Waals surface area contributed by atoms with Crippen LogP contribution < -0.4 is 15.4 Å². The van der Waals surface area contributed by atoms with Gasteiger partial charge in [-0.1, -0.05) is 0 Å². The van der Waals surface area contributed by atoms with Gasteiger partial charge < -0.3 is 20.5 Å². The van der Waals surface area contributed by atoms with Crippen LogP contribution in [-0.2, 0) is 0 Å². The van der Waals surface area contributed by atoms with Crippen molar-refractivity contribution < 1.29 is 19.0 Å². The molecule has 10 heteroatoms. The maximum Gasteiger partial charge on any atom is 0.256 e. The van der Waals surface area contributed by atoms with E-state index in [0.717, 1.165) is 5.56 Å². The highest BCUT2D eigenvalue weighted by Crippen LogP contribution is 2.24. The van der Waals surface area contributed by atoms with E-state index >= 15 is 0 Å². The molecule has 0 saturated carbocycles. The number of rotatable bonds is 8. The predicted molar refractivity (Wildman–Crippen MR) is 115 cm³/mol. The summed E-state index contributed by atoms with van der Waals surface area (Å²) in [6.45, 7) is 6.23. The molecule has 3 aromatic rings. The topological polar surface area (TPSA) is 114 Å². The number of nitrogens with one attached hydrogen (secondary N) is 2. The summed E-state index contributed by atoms with van der Waals surface area (Å²) in [6.07, 6.45) is 1.44. The Bertz CT molecular complexity index is 1060. The number of methoxy groups -OCH3 is 1. The lowest BCUT2D eigenvalue weighted by atomic mass is 10.0. The third kappa shape index (κ3) is 5.08. The first kappa shape index (κ1) is 22.4. The number of carbonyl (C=O) groups is 1. The molecule has 0 bridgehead atoms. The second kappa shape index (κ2) is 8.84. The van der Waals surface area contributed by atoms with E-state index in [0.29, 0.717) is 23.0 Å². The Kier molecular flexibility index (Phi) is 6.40. The number of alkyl halides is 1. The molecule has 0 aliphatic carbocycles. The highest BCUT2D eigenvalue weighted by atomic mass is 19.1. The summed E-state index contributed by atoms with van der Waals surface area (Å²) in [5, 5.41) is 20.1. The molecule has 1 amide bonds. The number of nitrogens with zero attached hydrogens (tertiary/aromatic N) is 4. The molecule has 0 fully saturated rings. The second-order valence-electron chi connectivity index (χ2n) is 8.04. The average molecular weight is 430 g/mol. The van der Waals surface area contributed by atoms with Crippen LogP contribution in [0.25, 0.3) is 16.9 Å². The minimum absolute atomic E-state index is 0.00208. The molecule has 31 heavy (non-hydrogen) atoms. The number of hydrogen-bond donors (Lipinski definition) is 3. The van der Waals surface area contributed by atoms with Gasteiger partial charge in [-0.2, -0.15) is 9.61 Å². The first-order chi connectivity index (χ1) is 14.6. The van der Waals surface area contributed by atoms with Crippen molar-refractivity contribution >= 4 is 17.4 Å². The number of ether oxygens (including phenoxy) is 1. The number of hydrogen-bond acceptors (Lipinski definition) is 7. The minimum atomic E-state index is -1.62. The van der Waals surface area contributed by atoms with Gasteiger partial charge in [-0.05, 0) is 33.8 Å². The van der Waals surface area contributed by atoms with Gasteiger partial charge in [-0.25, -0.2) is 14.4 Å². The summed E-state index contributed by atoms with van der Waals surface area (Å²) in [5.41, 5.74) is 0.575. The van der Waals surface area contributed by atoms with Crippen LogP contribution in [0.3, 0.4) is 0 Å². The van der Waals surface area contributed by atoms with Crippen LogP contribution in [0.5, 0.6) is 5.88 Å². The van der Waals surface area contributed by atoms with Gasteiger partial charge in [-0.15, -0.1) is 0 Å². The van der Waals surface area contributed by atoms with Gasteiger partial charge >= 0.3 is 0 Å². The Balaban J connectivity index is 1.97. The van der Waals surface area contributed by atoms with Crippen molar-refractivity contribution in [2.45, 2.75) is 45.5 Å². The lowest BCUT2D eigenvalue weighted by Gasteiger charge is -2.22. The molecular weight excluding hydrogens is 403 g/mol. The highest BCUT2D eigenvalue weighted by molar-refractivity contribution is 5.99. The molecule has 3 N–H and O–H groups in total. The molecule has 9 nitrogen and oxygen atoms in total. The fourth-order valence-corrected chi connectivity index (χ4v) is 2.83. The zero-order chi connectivity index (χ0) is 22.8. The normalized spacial score (nSPS) is 12.8. The first-order valence-corrected chi connectivity index (χ1v) is 9.90. The molecule has 3 heterocycles. The number of halogens is 1. The van der Waals surface area contributed by atoms with E-state index in [2.05, 4.69) is 25.7 Å². The van der Waals surface area contributed by atoms with Crippen LogP contribution in [0.4, 0.5) is 10.2 Å². The monoisotopic (exact) mass is 430 g/mol. The number of aromatic nitrogens is 4. The largest absolute Gasteiger partial charge is 0.481 e. The van der Waals surface area contributed by atoms with E-state index in [-0.39, 0.29) is 18.2 Å². The Hall–Kier alpha value is -3.27. The third-order valence-corrected chi connectivity index (χ3v) is 4.60. The Morgan fingerprint density at radius 1 is 1.29 bits per heavy atom. The molecule has 0 unspecified atom stereocenters. The molecule has 0 aliphatic rings. The van der Waals surface area contributed by atoms with Crippen molar-refractivity contribution in [3.8, 4) is 17.1 Å². The number of anilines is 1. The van der Waals surface area contributed by atoms with E-state index in [4.69, 9.17) is 4.74 Å². The third-order valence-electron chi connectivity index (χ3n) is 4.60. The Morgan fingerprint density at radius 3 is 2.61 bits per heavy atom. The Labute approximate surface area is 179 Å². The molecule has 0 aromatic carbocycles. The predicted octanol–water partition coefficient (Wildman–Crippen LogP) is 2.46. The van der Waals surface area contributed by atoms with Crippen LogP contribution in [0.1, 0.15) is 38.1 Å². The number of carbonyl (C=O) groups excluding carboxylic acids is 1. The molecule has 0 aliphatic heterocycles. The summed E-state index contributed by atoms with van der Waals surface area (Å²) in [7, 11) is 1.54. The second-order valence-corrected chi connectivity index (χ2v) is 8.04. The van der Waals surface area contributed by atoms with E-state index in [1.54, 1.807) is 25.4 Å². The van der Waals surface area contributed by atoms with Gasteiger partial charge in [0.1, 0.15) is 17.6 Å². The quantitative estimate of drug-likeness (QED) is 0.503. The summed E-state index contributed by atoms with van der Waals surface area (Å²) in [4.78, 5) is 21.3. The maximum atomic E-state index is 14.1. The van der Waals surface area contributed by atoms with Gasteiger partial charge in [0.15, 0.2) is 5.65 Å². The van der Waals surface area contributed by atoms with Crippen LogP contribution in [-0.4, -0.2) is 62.1 Å². The van der Waals surface area contributed by atoms with Crippen LogP contribution in [0, 0.1) is 0 Å². The van der Waals surface area contributed by atoms with Crippen molar-refractivity contribution in [3.63, 3.8) is 0 Å². The fourth-order valence-electron chi connectivity index (χ4n) is 2.83. The fraction of sp³-hybridized carbons (Fsp3) is 0.429. The molecule has 3 rings (SSSR count). The number of amides is 1. The van der Waals surface area contributed by atoms with Crippen molar-refractivity contribution in [1.82, 2.24) is 24.9 Å². The van der Waals surface area contributed by atoms with Gasteiger partial charge in [0, 0.05) is 36.1 Å². The summed E-state index contributed by atoms with van der Waals surface area (Å²) in [6, 6.07) is 5.34. The zero-order valence-electron chi connectivity index (χ0n) is 18.2. The average Bonchev–Trinajstić information content (AvgIpc) is 3.15. The van der Waals surface area contributed by atoms with Crippen molar-refractivity contribution in [2.75, 3.05) is 19.0 Å². The molecule has 0 spiro atoms. The van der Waals surface area contributed by atoms with Crippen molar-refractivity contribution in [2.24, 2.45) is 0 Å². The molecule has 3 aromatic heterocycles. The molecule has 0 saturated heterocycles. The Morgan fingerprint density at radius 2 is 2.03 bits per heavy atom. The number of pyridine rings is 1. The van der Waals surface area contributed by atoms with Crippen LogP contribution in [0.2, 0.25) is 0 Å². The van der Waals surface area contributed by atoms with Crippen molar-refractivity contribution in [1.29, 1.82) is 0 Å². The summed E-state index contributed by atoms with van der Waals surface area (Å²) in [5.74, 6) is 0.403. The van der Waals surface area contributed by atoms with E-state index in [1.807, 2.05) is 19.9 Å². The first-order valence-electron chi connectivity index (χ1n) is 9.90. The van der Waals surface area contributed by atoms with Crippen LogP contribution >= 0.6 is 0 Å². The SMILES string of the molecule is COc1ccc(-c2cc3ncc(C(=O)NC[C@@H](F)C(C)(C)O)c(NC(C)C)n3n2)cn1. The van der Waals surface area contributed by atoms with E-state index in [9.17, 15) is 14.3 Å². The van der Waals surface area contributed by atoms with Gasteiger partial charge in [-0.3, -0.25) is 4.79 Å². The number of aliphatic hydroxyl groups is 1. The van der Waals surface area contributed by atoms with Gasteiger partial charge in [0.25, 0.3) is 5.91 Å². The lowest BCUT2D eigenvalue weighted by molar-refractivity contribution is -0.00177. The van der Waals surface area contributed by atoms with Crippen LogP contribution in [0.15, 0.2) is 30.6 Å².